The number of carbonyl (C=O) groups excluding carboxylic acids is 2. The Morgan fingerprint density at radius 2 is 2.08 bits per heavy atom. The number of rotatable bonds is 8. The number of carboxylic acids is 1. The molecule has 0 spiro atoms. The van der Waals surface area contributed by atoms with Crippen molar-refractivity contribution in [3.8, 4) is 6.07 Å². The van der Waals surface area contributed by atoms with Gasteiger partial charge in [0.05, 0.1) is 12.2 Å². The van der Waals surface area contributed by atoms with Gasteiger partial charge < -0.3 is 9.84 Å². The molecule has 0 unspecified atom stereocenters. The highest BCUT2D eigenvalue weighted by molar-refractivity contribution is 6.00. The van der Waals surface area contributed by atoms with Gasteiger partial charge in [0.1, 0.15) is 18.2 Å². The summed E-state index contributed by atoms with van der Waals surface area (Å²) in [6.45, 7) is 5.92. The first-order valence-corrected chi connectivity index (χ1v) is 7.62. The molecular formula is C16H21N3O5. The Morgan fingerprint density at radius 1 is 1.42 bits per heavy atom. The number of nitrogens with zero attached hydrogens (tertiary/aromatic N) is 3. The van der Waals surface area contributed by atoms with Crippen molar-refractivity contribution in [2.24, 2.45) is 5.92 Å². The topological polar surface area (TPSA) is 113 Å². The fraction of sp³-hybridized carbons (Fsp3) is 0.500. The second-order valence-corrected chi connectivity index (χ2v) is 5.56. The van der Waals surface area contributed by atoms with Crippen LogP contribution in [0, 0.1) is 17.2 Å². The summed E-state index contributed by atoms with van der Waals surface area (Å²) >= 11 is 0. The summed E-state index contributed by atoms with van der Waals surface area (Å²) < 4.78 is 5.88. The van der Waals surface area contributed by atoms with E-state index in [1.807, 2.05) is 19.9 Å². The molecule has 0 atom stereocenters. The summed E-state index contributed by atoms with van der Waals surface area (Å²) in [5.41, 5.74) is -0.0987. The van der Waals surface area contributed by atoms with Crippen LogP contribution in [-0.4, -0.2) is 40.8 Å². The van der Waals surface area contributed by atoms with E-state index in [1.54, 1.807) is 6.92 Å². The maximum atomic E-state index is 12.4. The Kier molecular flexibility index (Phi) is 6.98. The molecule has 1 aromatic rings. The molecule has 0 fully saturated rings. The van der Waals surface area contributed by atoms with Gasteiger partial charge in [0.25, 0.3) is 5.91 Å². The molecule has 0 aliphatic heterocycles. The molecule has 0 aliphatic rings. The van der Waals surface area contributed by atoms with E-state index in [0.29, 0.717) is 6.42 Å². The van der Waals surface area contributed by atoms with Gasteiger partial charge >= 0.3 is 11.9 Å². The summed E-state index contributed by atoms with van der Waals surface area (Å²) in [6, 6.07) is 3.03. The third-order valence-corrected chi connectivity index (χ3v) is 3.22. The van der Waals surface area contributed by atoms with Gasteiger partial charge in [-0.3, -0.25) is 9.59 Å². The molecular weight excluding hydrogens is 314 g/mol. The number of aromatic carboxylic acids is 1. The fourth-order valence-electron chi connectivity index (χ4n) is 2.03. The lowest BCUT2D eigenvalue weighted by Gasteiger charge is -2.25. The molecule has 1 heterocycles. The number of aromatic nitrogens is 1. The highest BCUT2D eigenvalue weighted by Gasteiger charge is 2.24. The van der Waals surface area contributed by atoms with Crippen LogP contribution < -0.4 is 5.01 Å². The molecule has 0 aromatic carbocycles. The molecule has 1 N–H and O–H groups in total. The highest BCUT2D eigenvalue weighted by Crippen LogP contribution is 2.12. The summed E-state index contributed by atoms with van der Waals surface area (Å²) in [4.78, 5) is 35.4. The van der Waals surface area contributed by atoms with Crippen LogP contribution in [0.5, 0.6) is 0 Å². The molecule has 0 aliphatic carbocycles. The van der Waals surface area contributed by atoms with E-state index in [9.17, 15) is 19.5 Å². The number of hydrogen-bond acceptors (Lipinski definition) is 5. The largest absolute Gasteiger partial charge is 0.477 e. The second kappa shape index (κ2) is 8.72. The van der Waals surface area contributed by atoms with Crippen molar-refractivity contribution in [2.45, 2.75) is 33.6 Å². The van der Waals surface area contributed by atoms with Crippen LogP contribution >= 0.6 is 0 Å². The van der Waals surface area contributed by atoms with E-state index in [4.69, 9.17) is 10.00 Å². The Morgan fingerprint density at radius 3 is 2.58 bits per heavy atom. The van der Waals surface area contributed by atoms with Gasteiger partial charge in [-0.25, -0.2) is 14.5 Å². The van der Waals surface area contributed by atoms with Crippen LogP contribution in [0.15, 0.2) is 12.3 Å². The minimum atomic E-state index is -1.27. The normalized spacial score (nSPS) is 10.3. The zero-order valence-electron chi connectivity index (χ0n) is 14.0. The van der Waals surface area contributed by atoms with E-state index < -0.39 is 24.3 Å². The number of esters is 1. The summed E-state index contributed by atoms with van der Waals surface area (Å²) in [5, 5.41) is 19.4. The van der Waals surface area contributed by atoms with E-state index in [2.05, 4.69) is 0 Å². The average molecular weight is 335 g/mol. The molecule has 1 aromatic heterocycles. The third kappa shape index (κ3) is 5.12. The van der Waals surface area contributed by atoms with Crippen LogP contribution in [0.25, 0.3) is 0 Å². The van der Waals surface area contributed by atoms with Crippen LogP contribution in [0.2, 0.25) is 0 Å². The summed E-state index contributed by atoms with van der Waals surface area (Å²) in [5.74, 6) is -2.27. The molecule has 24 heavy (non-hydrogen) atoms. The van der Waals surface area contributed by atoms with Crippen molar-refractivity contribution in [1.29, 1.82) is 5.26 Å². The minimum Gasteiger partial charge on any atom is -0.477 e. The predicted octanol–water partition coefficient (Wildman–Crippen LogP) is 1.52. The average Bonchev–Trinajstić information content (AvgIpc) is 2.91. The Bertz CT molecular complexity index is 657. The standard InChI is InChI=1S/C16H21N3O5/c1-4-24-15(21)8-14(20)18(6-5-11(2)3)19-10-12(9-17)7-13(19)16(22)23/h7,10-11H,4-6,8H2,1-3H3,(H,22,23). The van der Waals surface area contributed by atoms with Gasteiger partial charge in [0, 0.05) is 12.7 Å². The van der Waals surface area contributed by atoms with Crippen LogP contribution in [0.4, 0.5) is 0 Å². The fourth-order valence-corrected chi connectivity index (χ4v) is 2.03. The smallest absolute Gasteiger partial charge is 0.354 e. The van der Waals surface area contributed by atoms with Gasteiger partial charge in [0.2, 0.25) is 0 Å². The molecule has 0 saturated heterocycles. The lowest BCUT2D eigenvalue weighted by Crippen LogP contribution is -2.43. The lowest BCUT2D eigenvalue weighted by molar-refractivity contribution is -0.145. The number of nitriles is 1. The number of amides is 1. The molecule has 0 bridgehead atoms. The van der Waals surface area contributed by atoms with Crippen LogP contribution in [0.3, 0.4) is 0 Å². The summed E-state index contributed by atoms with van der Waals surface area (Å²) in [7, 11) is 0. The zero-order valence-corrected chi connectivity index (χ0v) is 14.0. The van der Waals surface area contributed by atoms with Gasteiger partial charge in [-0.1, -0.05) is 13.8 Å². The highest BCUT2D eigenvalue weighted by atomic mass is 16.5. The first-order valence-electron chi connectivity index (χ1n) is 7.62. The molecule has 130 valence electrons. The molecule has 1 amide bonds. The van der Waals surface area contributed by atoms with Gasteiger partial charge in [0.15, 0.2) is 0 Å². The Hall–Kier alpha value is -2.82. The quantitative estimate of drug-likeness (QED) is 0.569. The van der Waals surface area contributed by atoms with Gasteiger partial charge in [-0.2, -0.15) is 5.26 Å². The maximum absolute atomic E-state index is 12.4. The number of carbonyl (C=O) groups is 3. The van der Waals surface area contributed by atoms with Crippen molar-refractivity contribution in [3.63, 3.8) is 0 Å². The number of ether oxygens (including phenoxy) is 1. The molecule has 8 heteroatoms. The van der Waals surface area contributed by atoms with Crippen molar-refractivity contribution in [2.75, 3.05) is 18.2 Å². The van der Waals surface area contributed by atoms with Crippen LogP contribution in [-0.2, 0) is 14.3 Å². The molecule has 1 rings (SSSR count). The lowest BCUT2D eigenvalue weighted by atomic mass is 10.1. The van der Waals surface area contributed by atoms with Crippen LogP contribution in [0.1, 0.15) is 49.7 Å². The van der Waals surface area contributed by atoms with Crippen molar-refractivity contribution in [1.82, 2.24) is 4.68 Å². The second-order valence-electron chi connectivity index (χ2n) is 5.56. The molecule has 0 saturated carbocycles. The Labute approximate surface area is 140 Å². The number of carboxylic acid groups (broad SMARTS) is 1. The van der Waals surface area contributed by atoms with Crippen molar-refractivity contribution in [3.05, 3.63) is 23.5 Å². The maximum Gasteiger partial charge on any atom is 0.354 e. The van der Waals surface area contributed by atoms with Crippen molar-refractivity contribution < 1.29 is 24.2 Å². The van der Waals surface area contributed by atoms with Gasteiger partial charge in [-0.15, -0.1) is 0 Å². The first-order chi connectivity index (χ1) is 11.3. The minimum absolute atomic E-state index is 0.117. The molecule has 0 radical (unpaired) electrons. The SMILES string of the molecule is CCOC(=O)CC(=O)N(CCC(C)C)n1cc(C#N)cc1C(=O)O. The monoisotopic (exact) mass is 335 g/mol. The van der Waals surface area contributed by atoms with Gasteiger partial charge in [-0.05, 0) is 25.3 Å². The summed E-state index contributed by atoms with van der Waals surface area (Å²) in [6.07, 6.45) is 1.38. The van der Waals surface area contributed by atoms with E-state index in [0.717, 1.165) is 4.68 Å². The van der Waals surface area contributed by atoms with E-state index in [-0.39, 0.29) is 30.3 Å². The van der Waals surface area contributed by atoms with E-state index in [1.165, 1.54) is 17.3 Å². The van der Waals surface area contributed by atoms with E-state index >= 15 is 0 Å². The molecule has 8 nitrogen and oxygen atoms in total. The first kappa shape index (κ1) is 19.2. The zero-order chi connectivity index (χ0) is 18.3. The third-order valence-electron chi connectivity index (χ3n) is 3.22. The Balaban J connectivity index is 3.16. The van der Waals surface area contributed by atoms with Crippen molar-refractivity contribution >= 4 is 17.8 Å². The number of hydrogen-bond donors (Lipinski definition) is 1. The predicted molar refractivity (Wildman–Crippen MR) is 84.9 cm³/mol.